The zero-order valence-electron chi connectivity index (χ0n) is 12.0. The second kappa shape index (κ2) is 6.71. The summed E-state index contributed by atoms with van der Waals surface area (Å²) in [5.74, 6) is 0. The Balaban J connectivity index is 2.25. The van der Waals surface area contributed by atoms with E-state index in [1.165, 1.54) is 19.2 Å². The number of aliphatic hydroxyl groups excluding tert-OH is 1. The first kappa shape index (κ1) is 16.2. The van der Waals surface area contributed by atoms with E-state index in [1.54, 1.807) is 36.4 Å². The van der Waals surface area contributed by atoms with Crippen LogP contribution in [0, 0.1) is 11.3 Å². The summed E-state index contributed by atoms with van der Waals surface area (Å²) in [6.45, 7) is -0.0912. The second-order valence-electron chi connectivity index (χ2n) is 4.82. The monoisotopic (exact) mass is 316 g/mol. The topological polar surface area (TPSA) is 81.4 Å². The molecule has 1 atom stereocenters. The van der Waals surface area contributed by atoms with E-state index in [0.717, 1.165) is 4.31 Å². The van der Waals surface area contributed by atoms with Gasteiger partial charge < -0.3 is 5.11 Å². The van der Waals surface area contributed by atoms with E-state index in [0.29, 0.717) is 5.56 Å². The summed E-state index contributed by atoms with van der Waals surface area (Å²) in [5, 5.41) is 19.2. The molecule has 0 aromatic heterocycles. The number of hydrogen-bond donors (Lipinski definition) is 1. The second-order valence-corrected chi connectivity index (χ2v) is 6.83. The lowest BCUT2D eigenvalue weighted by atomic mass is 10.1. The molecule has 6 heteroatoms. The summed E-state index contributed by atoms with van der Waals surface area (Å²) in [7, 11) is -2.45. The van der Waals surface area contributed by atoms with Crippen LogP contribution in [-0.2, 0) is 10.0 Å². The minimum absolute atomic E-state index is 0.0553. The van der Waals surface area contributed by atoms with E-state index in [4.69, 9.17) is 5.26 Å². The predicted molar refractivity (Wildman–Crippen MR) is 82.4 cm³/mol. The number of nitrogens with zero attached hydrogens (tertiary/aromatic N) is 2. The average molecular weight is 316 g/mol. The van der Waals surface area contributed by atoms with Crippen LogP contribution in [0.5, 0.6) is 0 Å². The van der Waals surface area contributed by atoms with E-state index in [9.17, 15) is 13.5 Å². The lowest BCUT2D eigenvalue weighted by Gasteiger charge is -2.21. The number of nitriles is 1. The molecule has 22 heavy (non-hydrogen) atoms. The summed E-state index contributed by atoms with van der Waals surface area (Å²) in [4.78, 5) is -0.0553. The Morgan fingerprint density at radius 2 is 1.73 bits per heavy atom. The third-order valence-corrected chi connectivity index (χ3v) is 5.19. The maximum atomic E-state index is 12.5. The van der Waals surface area contributed by atoms with Crippen molar-refractivity contribution in [1.82, 2.24) is 4.31 Å². The molecule has 1 unspecified atom stereocenters. The Morgan fingerprint density at radius 3 is 2.36 bits per heavy atom. The van der Waals surface area contributed by atoms with Crippen molar-refractivity contribution in [3.63, 3.8) is 0 Å². The molecule has 0 radical (unpaired) electrons. The van der Waals surface area contributed by atoms with Gasteiger partial charge in [-0.2, -0.15) is 9.57 Å². The Labute approximate surface area is 130 Å². The maximum absolute atomic E-state index is 12.5. The van der Waals surface area contributed by atoms with E-state index in [-0.39, 0.29) is 17.0 Å². The van der Waals surface area contributed by atoms with Crippen molar-refractivity contribution in [2.45, 2.75) is 11.0 Å². The standard InChI is InChI=1S/C16H16N2O3S/c1-18(12-15(19)13-7-3-2-4-8-13)22(20,21)16-10-6-5-9-14(16)11-17/h2-10,15,19H,12H2,1H3. The van der Waals surface area contributed by atoms with Crippen LogP contribution in [0.2, 0.25) is 0 Å². The molecule has 0 saturated carbocycles. The van der Waals surface area contributed by atoms with Gasteiger partial charge in [0.1, 0.15) is 6.07 Å². The molecule has 0 aliphatic rings. The van der Waals surface area contributed by atoms with Crippen LogP contribution in [-0.4, -0.2) is 31.4 Å². The van der Waals surface area contributed by atoms with Crippen LogP contribution in [0.25, 0.3) is 0 Å². The van der Waals surface area contributed by atoms with Gasteiger partial charge in [-0.25, -0.2) is 8.42 Å². The number of rotatable bonds is 5. The number of hydrogen-bond acceptors (Lipinski definition) is 4. The first-order valence-corrected chi connectivity index (χ1v) is 8.09. The van der Waals surface area contributed by atoms with Crippen LogP contribution in [0.1, 0.15) is 17.2 Å². The number of likely N-dealkylation sites (N-methyl/N-ethyl adjacent to an activating group) is 1. The van der Waals surface area contributed by atoms with Crippen LogP contribution in [0.4, 0.5) is 0 Å². The molecule has 2 rings (SSSR count). The number of benzene rings is 2. The van der Waals surface area contributed by atoms with Crippen molar-refractivity contribution >= 4 is 10.0 Å². The molecule has 2 aromatic rings. The molecule has 0 aliphatic heterocycles. The molecule has 2 aromatic carbocycles. The summed E-state index contributed by atoms with van der Waals surface area (Å²) in [5.41, 5.74) is 0.724. The van der Waals surface area contributed by atoms with E-state index < -0.39 is 16.1 Å². The van der Waals surface area contributed by atoms with Crippen molar-refractivity contribution in [2.24, 2.45) is 0 Å². The Bertz CT molecular complexity index is 783. The van der Waals surface area contributed by atoms with Crippen molar-refractivity contribution in [3.8, 4) is 6.07 Å². The zero-order chi connectivity index (χ0) is 16.2. The third-order valence-electron chi connectivity index (χ3n) is 3.31. The Hall–Kier alpha value is -2.20. The third kappa shape index (κ3) is 3.34. The molecule has 0 spiro atoms. The largest absolute Gasteiger partial charge is 0.387 e. The van der Waals surface area contributed by atoms with Gasteiger partial charge in [0.15, 0.2) is 0 Å². The fourth-order valence-corrected chi connectivity index (χ4v) is 3.39. The molecule has 0 fully saturated rings. The SMILES string of the molecule is CN(CC(O)c1ccccc1)S(=O)(=O)c1ccccc1C#N. The van der Waals surface area contributed by atoms with Gasteiger partial charge in [0.05, 0.1) is 16.6 Å². The summed E-state index contributed by atoms with van der Waals surface area (Å²) in [6.07, 6.45) is -0.935. The molecule has 0 heterocycles. The van der Waals surface area contributed by atoms with Gasteiger partial charge in [0, 0.05) is 13.6 Å². The predicted octanol–water partition coefficient (Wildman–Crippen LogP) is 1.91. The molecule has 5 nitrogen and oxygen atoms in total. The van der Waals surface area contributed by atoms with Crippen LogP contribution < -0.4 is 0 Å². The van der Waals surface area contributed by atoms with Gasteiger partial charge in [-0.15, -0.1) is 0 Å². The van der Waals surface area contributed by atoms with Crippen LogP contribution in [0.15, 0.2) is 59.5 Å². The van der Waals surface area contributed by atoms with Crippen LogP contribution in [0.3, 0.4) is 0 Å². The summed E-state index contributed by atoms with van der Waals surface area (Å²) < 4.78 is 26.1. The van der Waals surface area contributed by atoms with Gasteiger partial charge in [-0.1, -0.05) is 42.5 Å². The van der Waals surface area contributed by atoms with Gasteiger partial charge in [-0.3, -0.25) is 0 Å². The molecular formula is C16H16N2O3S. The summed E-state index contributed by atoms with van der Waals surface area (Å²) >= 11 is 0. The average Bonchev–Trinajstić information content (AvgIpc) is 2.55. The van der Waals surface area contributed by atoms with Gasteiger partial charge in [-0.05, 0) is 17.7 Å². The maximum Gasteiger partial charge on any atom is 0.244 e. The highest BCUT2D eigenvalue weighted by Gasteiger charge is 2.25. The molecule has 0 amide bonds. The number of aliphatic hydroxyl groups is 1. The lowest BCUT2D eigenvalue weighted by Crippen LogP contribution is -2.31. The van der Waals surface area contributed by atoms with Crippen molar-refractivity contribution in [3.05, 3.63) is 65.7 Å². The summed E-state index contributed by atoms with van der Waals surface area (Å²) in [6, 6.07) is 16.7. The minimum atomic E-state index is -3.83. The quantitative estimate of drug-likeness (QED) is 0.913. The molecule has 114 valence electrons. The van der Waals surface area contributed by atoms with Crippen molar-refractivity contribution in [2.75, 3.05) is 13.6 Å². The van der Waals surface area contributed by atoms with E-state index in [2.05, 4.69) is 0 Å². The van der Waals surface area contributed by atoms with Crippen LogP contribution >= 0.6 is 0 Å². The zero-order valence-corrected chi connectivity index (χ0v) is 12.9. The molecule has 0 aliphatic carbocycles. The first-order chi connectivity index (χ1) is 10.5. The molecular weight excluding hydrogens is 300 g/mol. The fourth-order valence-electron chi connectivity index (χ4n) is 2.07. The minimum Gasteiger partial charge on any atom is -0.387 e. The fraction of sp³-hybridized carbons (Fsp3) is 0.188. The number of sulfonamides is 1. The molecule has 0 saturated heterocycles. The Kier molecular flexibility index (Phi) is 4.93. The molecule has 0 bridgehead atoms. The van der Waals surface area contributed by atoms with E-state index in [1.807, 2.05) is 12.1 Å². The van der Waals surface area contributed by atoms with Crippen molar-refractivity contribution < 1.29 is 13.5 Å². The normalized spacial score (nSPS) is 12.8. The highest BCUT2D eigenvalue weighted by atomic mass is 32.2. The lowest BCUT2D eigenvalue weighted by molar-refractivity contribution is 0.155. The van der Waals surface area contributed by atoms with Crippen molar-refractivity contribution in [1.29, 1.82) is 5.26 Å². The highest BCUT2D eigenvalue weighted by Crippen LogP contribution is 2.21. The van der Waals surface area contributed by atoms with Gasteiger partial charge in [0.2, 0.25) is 10.0 Å². The molecule has 1 N–H and O–H groups in total. The van der Waals surface area contributed by atoms with E-state index >= 15 is 0 Å². The van der Waals surface area contributed by atoms with Gasteiger partial charge >= 0.3 is 0 Å². The highest BCUT2D eigenvalue weighted by molar-refractivity contribution is 7.89. The smallest absolute Gasteiger partial charge is 0.244 e. The Morgan fingerprint density at radius 1 is 1.14 bits per heavy atom. The first-order valence-electron chi connectivity index (χ1n) is 6.65. The van der Waals surface area contributed by atoms with Gasteiger partial charge in [0.25, 0.3) is 0 Å².